The van der Waals surface area contributed by atoms with E-state index >= 15 is 0 Å². The molecule has 1 aliphatic heterocycles. The fourth-order valence-electron chi connectivity index (χ4n) is 2.27. The molecule has 0 radical (unpaired) electrons. The molecular weight excluding hydrogens is 192 g/mol. The maximum atomic E-state index is 10.8. The van der Waals surface area contributed by atoms with E-state index in [1.165, 1.54) is 5.56 Å². The molecule has 78 valence electrons. The Bertz CT molecular complexity index is 425. The Morgan fingerprint density at radius 2 is 2.33 bits per heavy atom. The smallest absolute Gasteiger partial charge is 0.307 e. The average Bonchev–Trinajstić information content (AvgIpc) is 2.89. The van der Waals surface area contributed by atoms with E-state index in [1.54, 1.807) is 0 Å². The highest BCUT2D eigenvalue weighted by atomic mass is 16.5. The van der Waals surface area contributed by atoms with Crippen LogP contribution in [0.25, 0.3) is 0 Å². The molecule has 1 aromatic carbocycles. The first kappa shape index (κ1) is 8.77. The van der Waals surface area contributed by atoms with E-state index in [-0.39, 0.29) is 11.8 Å². The maximum Gasteiger partial charge on any atom is 0.307 e. The van der Waals surface area contributed by atoms with Gasteiger partial charge in [0.2, 0.25) is 0 Å². The lowest BCUT2D eigenvalue weighted by atomic mass is 10.0. The fraction of sp³-hybridized carbons (Fsp3) is 0.417. The van der Waals surface area contributed by atoms with Crippen LogP contribution in [0.4, 0.5) is 0 Å². The van der Waals surface area contributed by atoms with Crippen molar-refractivity contribution in [2.75, 3.05) is 6.61 Å². The number of aliphatic carboxylic acids is 1. The van der Waals surface area contributed by atoms with E-state index in [0.717, 1.165) is 30.8 Å². The summed E-state index contributed by atoms with van der Waals surface area (Å²) in [5.74, 6) is 0.363. The molecule has 1 saturated carbocycles. The Labute approximate surface area is 87.7 Å². The van der Waals surface area contributed by atoms with E-state index in [9.17, 15) is 4.79 Å². The van der Waals surface area contributed by atoms with Crippen molar-refractivity contribution in [2.24, 2.45) is 5.92 Å². The van der Waals surface area contributed by atoms with E-state index in [0.29, 0.717) is 0 Å². The van der Waals surface area contributed by atoms with Crippen LogP contribution in [0.3, 0.4) is 0 Å². The first-order chi connectivity index (χ1) is 7.25. The van der Waals surface area contributed by atoms with Gasteiger partial charge in [0.05, 0.1) is 12.5 Å². The summed E-state index contributed by atoms with van der Waals surface area (Å²) >= 11 is 0. The van der Waals surface area contributed by atoms with Gasteiger partial charge in [-0.25, -0.2) is 0 Å². The average molecular weight is 204 g/mol. The lowest BCUT2D eigenvalue weighted by molar-refractivity contribution is -0.138. The van der Waals surface area contributed by atoms with Gasteiger partial charge in [0.25, 0.3) is 0 Å². The van der Waals surface area contributed by atoms with Gasteiger partial charge in [-0.15, -0.1) is 0 Å². The van der Waals surface area contributed by atoms with Gasteiger partial charge in [0.1, 0.15) is 5.75 Å². The number of ether oxygens (including phenoxy) is 1. The van der Waals surface area contributed by atoms with Gasteiger partial charge in [-0.1, -0.05) is 12.1 Å². The van der Waals surface area contributed by atoms with Crippen LogP contribution in [0.1, 0.15) is 23.5 Å². The molecule has 3 rings (SSSR count). The van der Waals surface area contributed by atoms with Crippen LogP contribution in [-0.2, 0) is 11.2 Å². The predicted molar refractivity (Wildman–Crippen MR) is 54.1 cm³/mol. The van der Waals surface area contributed by atoms with Crippen LogP contribution >= 0.6 is 0 Å². The zero-order valence-electron chi connectivity index (χ0n) is 8.27. The van der Waals surface area contributed by atoms with Crippen LogP contribution in [-0.4, -0.2) is 17.7 Å². The zero-order chi connectivity index (χ0) is 10.4. The van der Waals surface area contributed by atoms with Crippen LogP contribution in [0.5, 0.6) is 5.75 Å². The topological polar surface area (TPSA) is 46.5 Å². The lowest BCUT2D eigenvalue weighted by Gasteiger charge is -2.02. The molecule has 2 aliphatic rings. The second kappa shape index (κ2) is 2.99. The van der Waals surface area contributed by atoms with Gasteiger partial charge in [-0.2, -0.15) is 0 Å². The number of hydrogen-bond acceptors (Lipinski definition) is 2. The quantitative estimate of drug-likeness (QED) is 0.799. The molecule has 15 heavy (non-hydrogen) atoms. The van der Waals surface area contributed by atoms with Gasteiger partial charge in [0.15, 0.2) is 0 Å². The molecule has 2 unspecified atom stereocenters. The second-order valence-corrected chi connectivity index (χ2v) is 4.25. The standard InChI is InChI=1S/C12H12O3/c13-12(14)10-6-9(10)7-1-2-11-8(5-7)3-4-15-11/h1-2,5,9-10H,3-4,6H2,(H,13,14). The van der Waals surface area contributed by atoms with Gasteiger partial charge >= 0.3 is 5.97 Å². The van der Waals surface area contributed by atoms with Crippen molar-refractivity contribution in [1.82, 2.24) is 0 Å². The van der Waals surface area contributed by atoms with Gasteiger partial charge in [-0.05, 0) is 29.5 Å². The van der Waals surface area contributed by atoms with Gasteiger partial charge < -0.3 is 9.84 Å². The van der Waals surface area contributed by atoms with E-state index in [2.05, 4.69) is 6.07 Å². The number of hydrogen-bond donors (Lipinski definition) is 1. The Hall–Kier alpha value is -1.51. The number of carbonyl (C=O) groups is 1. The number of benzene rings is 1. The summed E-state index contributed by atoms with van der Waals surface area (Å²) in [4.78, 5) is 10.8. The molecule has 3 nitrogen and oxygen atoms in total. The van der Waals surface area contributed by atoms with Crippen molar-refractivity contribution in [3.63, 3.8) is 0 Å². The molecule has 2 atom stereocenters. The second-order valence-electron chi connectivity index (χ2n) is 4.25. The molecule has 3 heteroatoms. The lowest BCUT2D eigenvalue weighted by Crippen LogP contribution is -1.98. The number of carboxylic acids is 1. The molecule has 1 aliphatic carbocycles. The third-order valence-corrected chi connectivity index (χ3v) is 3.25. The minimum Gasteiger partial charge on any atom is -0.493 e. The highest BCUT2D eigenvalue weighted by molar-refractivity contribution is 5.75. The van der Waals surface area contributed by atoms with Crippen molar-refractivity contribution >= 4 is 5.97 Å². The minimum absolute atomic E-state index is 0.162. The first-order valence-corrected chi connectivity index (χ1v) is 5.24. The van der Waals surface area contributed by atoms with Crippen LogP contribution in [0, 0.1) is 5.92 Å². The van der Waals surface area contributed by atoms with Crippen molar-refractivity contribution in [2.45, 2.75) is 18.8 Å². The Morgan fingerprint density at radius 3 is 3.07 bits per heavy atom. The summed E-state index contributed by atoms with van der Waals surface area (Å²) in [5, 5.41) is 8.85. The Kier molecular flexibility index (Phi) is 1.75. The summed E-state index contributed by atoms with van der Waals surface area (Å²) in [6.45, 7) is 0.756. The van der Waals surface area contributed by atoms with E-state index < -0.39 is 5.97 Å². The fourth-order valence-corrected chi connectivity index (χ4v) is 2.27. The molecule has 0 aromatic heterocycles. The molecule has 1 heterocycles. The summed E-state index contributed by atoms with van der Waals surface area (Å²) in [6, 6.07) is 6.07. The molecule has 1 aromatic rings. The number of carboxylic acid groups (broad SMARTS) is 1. The minimum atomic E-state index is -0.670. The van der Waals surface area contributed by atoms with Crippen molar-refractivity contribution in [3.8, 4) is 5.75 Å². The summed E-state index contributed by atoms with van der Waals surface area (Å²) in [5.41, 5.74) is 2.38. The van der Waals surface area contributed by atoms with Gasteiger partial charge in [0, 0.05) is 6.42 Å². The van der Waals surface area contributed by atoms with Crippen molar-refractivity contribution in [1.29, 1.82) is 0 Å². The first-order valence-electron chi connectivity index (χ1n) is 5.24. The van der Waals surface area contributed by atoms with Crippen molar-refractivity contribution < 1.29 is 14.6 Å². The zero-order valence-corrected chi connectivity index (χ0v) is 8.27. The Morgan fingerprint density at radius 1 is 1.47 bits per heavy atom. The molecule has 1 fully saturated rings. The highest BCUT2D eigenvalue weighted by Crippen LogP contribution is 2.48. The third-order valence-electron chi connectivity index (χ3n) is 3.25. The normalized spacial score (nSPS) is 26.9. The molecule has 1 N–H and O–H groups in total. The molecular formula is C12H12O3. The Balaban J connectivity index is 1.86. The van der Waals surface area contributed by atoms with Crippen LogP contribution in [0.2, 0.25) is 0 Å². The largest absolute Gasteiger partial charge is 0.493 e. The molecule has 0 spiro atoms. The monoisotopic (exact) mass is 204 g/mol. The number of fused-ring (bicyclic) bond motifs is 1. The molecule has 0 saturated heterocycles. The van der Waals surface area contributed by atoms with Crippen LogP contribution in [0.15, 0.2) is 18.2 Å². The van der Waals surface area contributed by atoms with Crippen molar-refractivity contribution in [3.05, 3.63) is 29.3 Å². The van der Waals surface area contributed by atoms with Crippen LogP contribution < -0.4 is 4.74 Å². The summed E-state index contributed by atoms with van der Waals surface area (Å²) in [7, 11) is 0. The third kappa shape index (κ3) is 1.39. The highest BCUT2D eigenvalue weighted by Gasteiger charge is 2.44. The SMILES string of the molecule is O=C(O)C1CC1c1ccc2c(c1)CCO2. The summed E-state index contributed by atoms with van der Waals surface area (Å²) < 4.78 is 5.41. The molecule has 0 amide bonds. The number of rotatable bonds is 2. The van der Waals surface area contributed by atoms with E-state index in [4.69, 9.17) is 9.84 Å². The van der Waals surface area contributed by atoms with Gasteiger partial charge in [-0.3, -0.25) is 4.79 Å². The maximum absolute atomic E-state index is 10.8. The van der Waals surface area contributed by atoms with E-state index in [1.807, 2.05) is 12.1 Å². The molecule has 0 bridgehead atoms. The summed E-state index contributed by atoms with van der Waals surface area (Å²) in [6.07, 6.45) is 1.74. The predicted octanol–water partition coefficient (Wildman–Crippen LogP) is 1.81.